The van der Waals surface area contributed by atoms with E-state index in [1.165, 1.54) is 6.20 Å². The second-order valence-electron chi connectivity index (χ2n) is 13.7. The van der Waals surface area contributed by atoms with Gasteiger partial charge in [-0.2, -0.15) is 5.26 Å². The van der Waals surface area contributed by atoms with Gasteiger partial charge in [0.1, 0.15) is 61.8 Å². The largest absolute Gasteiger partial charge is 0.493 e. The zero-order valence-electron chi connectivity index (χ0n) is 31.7. The molecule has 54 heavy (non-hydrogen) atoms. The number of aromatic nitrogens is 1. The smallest absolute Gasteiger partial charge is 0.143 e. The molecule has 0 bridgehead atoms. The molecule has 0 aliphatic rings. The van der Waals surface area contributed by atoms with Crippen LogP contribution in [0.4, 0.5) is 0 Å². The van der Waals surface area contributed by atoms with E-state index >= 15 is 0 Å². The third kappa shape index (κ3) is 10.7. The lowest BCUT2D eigenvalue weighted by Gasteiger charge is -2.29. The van der Waals surface area contributed by atoms with Crippen LogP contribution in [0.3, 0.4) is 0 Å². The van der Waals surface area contributed by atoms with Crippen molar-refractivity contribution in [3.63, 3.8) is 0 Å². The lowest BCUT2D eigenvalue weighted by atomic mass is 9.93. The number of hydrogen-bond donors (Lipinski definition) is 6. The van der Waals surface area contributed by atoms with Crippen molar-refractivity contribution in [2.24, 2.45) is 0 Å². The van der Waals surface area contributed by atoms with Crippen molar-refractivity contribution in [2.75, 3.05) is 39.6 Å². The molecule has 1 aromatic heterocycles. The predicted octanol–water partition coefficient (Wildman–Crippen LogP) is 4.74. The Hall–Kier alpha value is -4.25. The molecule has 0 atom stereocenters. The van der Waals surface area contributed by atoms with Crippen LogP contribution in [0.15, 0.2) is 67.0 Å². The first-order valence-corrected chi connectivity index (χ1v) is 18.7. The number of pyridine rings is 1. The van der Waals surface area contributed by atoms with Crippen LogP contribution in [0.2, 0.25) is 5.02 Å². The highest BCUT2D eigenvalue weighted by molar-refractivity contribution is 6.32. The molecule has 11 nitrogen and oxygen atoms in total. The molecule has 0 aliphatic carbocycles. The third-order valence-corrected chi connectivity index (χ3v) is 10.6. The summed E-state index contributed by atoms with van der Waals surface area (Å²) < 4.78 is 18.8. The summed E-state index contributed by atoms with van der Waals surface area (Å²) in [4.78, 5) is 4.14. The van der Waals surface area contributed by atoms with E-state index in [0.717, 1.165) is 44.7 Å². The summed E-state index contributed by atoms with van der Waals surface area (Å²) in [5.41, 5.74) is 5.63. The van der Waals surface area contributed by atoms with Crippen LogP contribution in [0.5, 0.6) is 17.2 Å². The van der Waals surface area contributed by atoms with Gasteiger partial charge in [0.25, 0.3) is 0 Å². The quantitative estimate of drug-likeness (QED) is 0.0615. The van der Waals surface area contributed by atoms with E-state index in [2.05, 4.69) is 35.4 Å². The van der Waals surface area contributed by atoms with Crippen LogP contribution in [0, 0.1) is 25.2 Å². The van der Waals surface area contributed by atoms with E-state index < -0.39 is 11.1 Å². The van der Waals surface area contributed by atoms with Gasteiger partial charge in [-0.1, -0.05) is 55.8 Å². The molecule has 1 heterocycles. The number of rotatable bonds is 22. The molecular formula is C42H54ClN4O7+. The summed E-state index contributed by atoms with van der Waals surface area (Å²) >= 11 is 6.81. The second-order valence-corrected chi connectivity index (χ2v) is 14.1. The Balaban J connectivity index is 1.51. The van der Waals surface area contributed by atoms with Crippen molar-refractivity contribution in [1.82, 2.24) is 10.3 Å². The van der Waals surface area contributed by atoms with Gasteiger partial charge in [0.15, 0.2) is 0 Å². The minimum atomic E-state index is -0.752. The van der Waals surface area contributed by atoms with Crippen LogP contribution >= 0.6 is 11.6 Å². The molecule has 0 radical (unpaired) electrons. The van der Waals surface area contributed by atoms with Crippen molar-refractivity contribution < 1.29 is 40.0 Å². The number of nitrogens with one attached hydrogen (secondary N) is 1. The number of aliphatic hydroxyl groups is 4. The summed E-state index contributed by atoms with van der Waals surface area (Å²) in [6.07, 6.45) is 5.03. The first-order valence-electron chi connectivity index (χ1n) is 18.4. The summed E-state index contributed by atoms with van der Waals surface area (Å²) in [6.45, 7) is 9.19. The van der Waals surface area contributed by atoms with Crippen molar-refractivity contribution in [3.8, 4) is 34.4 Å². The Bertz CT molecular complexity index is 1840. The second kappa shape index (κ2) is 20.4. The molecule has 0 saturated carbocycles. The molecule has 0 amide bonds. The van der Waals surface area contributed by atoms with Crippen LogP contribution in [0.1, 0.15) is 66.5 Å². The fourth-order valence-electron chi connectivity index (χ4n) is 6.11. The zero-order valence-corrected chi connectivity index (χ0v) is 32.5. The van der Waals surface area contributed by atoms with E-state index in [1.807, 2.05) is 50.4 Å². The van der Waals surface area contributed by atoms with Gasteiger partial charge < -0.3 is 45.3 Å². The monoisotopic (exact) mass is 761 g/mol. The van der Waals surface area contributed by atoms with Crippen molar-refractivity contribution in [3.05, 3.63) is 105 Å². The van der Waals surface area contributed by atoms with E-state index in [-0.39, 0.29) is 39.6 Å². The highest BCUT2D eigenvalue weighted by atomic mass is 35.5. The fourth-order valence-corrected chi connectivity index (χ4v) is 6.35. The maximum absolute atomic E-state index is 10.0. The number of nitrogens with two attached hydrogens (primary N) is 1. The van der Waals surface area contributed by atoms with Gasteiger partial charge in [-0.25, -0.2) is 0 Å². The molecule has 4 aromatic rings. The SMILES string of the molecule is CCC(CO)(CO)NCCCOc1cccc(-c2cccc(COc3cc(OCc4cncc(C#N)c4)c(C[NH2+]C(CC)(CO)CO)cc3Cl)c2C)c1C. The lowest BCUT2D eigenvalue weighted by Crippen LogP contribution is -2.97. The number of quaternary nitrogens is 1. The summed E-state index contributed by atoms with van der Waals surface area (Å²) in [5, 5.41) is 54.3. The van der Waals surface area contributed by atoms with Crippen molar-refractivity contribution in [1.29, 1.82) is 5.26 Å². The van der Waals surface area contributed by atoms with Gasteiger partial charge in [0, 0.05) is 36.0 Å². The molecule has 3 aromatic carbocycles. The maximum atomic E-state index is 10.0. The topological polar surface area (TPSA) is 174 Å². The van der Waals surface area contributed by atoms with Crippen LogP contribution in [-0.2, 0) is 19.8 Å². The third-order valence-electron chi connectivity index (χ3n) is 10.3. The summed E-state index contributed by atoms with van der Waals surface area (Å²) in [5.74, 6) is 1.75. The number of aliphatic hydroxyl groups excluding tert-OH is 4. The Morgan fingerprint density at radius 3 is 2.17 bits per heavy atom. The molecule has 7 N–H and O–H groups in total. The van der Waals surface area contributed by atoms with Gasteiger partial charge in [0.05, 0.1) is 35.9 Å². The minimum Gasteiger partial charge on any atom is -0.493 e. The van der Waals surface area contributed by atoms with E-state index in [1.54, 1.807) is 24.4 Å². The molecule has 12 heteroatoms. The van der Waals surface area contributed by atoms with Gasteiger partial charge in [-0.3, -0.25) is 4.98 Å². The first-order chi connectivity index (χ1) is 26.1. The molecule has 0 fully saturated rings. The van der Waals surface area contributed by atoms with E-state index in [0.29, 0.717) is 61.0 Å². The normalized spacial score (nSPS) is 11.7. The number of nitrogens with zero attached hydrogens (tertiary/aromatic N) is 2. The highest BCUT2D eigenvalue weighted by Crippen LogP contribution is 2.36. The average Bonchev–Trinajstić information content (AvgIpc) is 3.20. The Labute approximate surface area is 323 Å². The van der Waals surface area contributed by atoms with Gasteiger partial charge >= 0.3 is 0 Å². The summed E-state index contributed by atoms with van der Waals surface area (Å²) in [6, 6.07) is 19.5. The number of benzene rings is 3. The molecule has 0 aliphatic heterocycles. The Kier molecular flexibility index (Phi) is 16.1. The number of nitriles is 1. The minimum absolute atomic E-state index is 0.129. The average molecular weight is 762 g/mol. The summed E-state index contributed by atoms with van der Waals surface area (Å²) in [7, 11) is 0. The maximum Gasteiger partial charge on any atom is 0.143 e. The van der Waals surface area contributed by atoms with Crippen LogP contribution < -0.4 is 24.8 Å². The van der Waals surface area contributed by atoms with E-state index in [9.17, 15) is 25.7 Å². The number of hydrogen-bond acceptors (Lipinski definition) is 10. The van der Waals surface area contributed by atoms with E-state index in [4.69, 9.17) is 25.8 Å². The number of ether oxygens (including phenoxy) is 3. The standard InChI is InChI=1S/C42H53ClN4O7/c1-5-41(25-48,26-49)46-14-9-15-52-38-13-8-12-36(30(38)4)35-11-7-10-33(29(35)3)24-54-40-18-39(53-23-32-16-31(19-44)20-45-21-32)34(17-37(40)43)22-47-42(6-2,27-50)28-51/h7-8,10-13,16-18,20-21,46-51H,5-6,9,14-15,22-28H2,1-4H3/p+1. The zero-order chi connectivity index (χ0) is 39.1. The Morgan fingerprint density at radius 1 is 0.796 bits per heavy atom. The lowest BCUT2D eigenvalue weighted by molar-refractivity contribution is -0.745. The van der Waals surface area contributed by atoms with Gasteiger partial charge in [-0.05, 0) is 79.3 Å². The van der Waals surface area contributed by atoms with Crippen LogP contribution in [0.25, 0.3) is 11.1 Å². The van der Waals surface area contributed by atoms with Gasteiger partial charge in [0.2, 0.25) is 0 Å². The molecule has 290 valence electrons. The van der Waals surface area contributed by atoms with Crippen molar-refractivity contribution >= 4 is 11.6 Å². The van der Waals surface area contributed by atoms with Gasteiger partial charge in [-0.15, -0.1) is 0 Å². The molecular weight excluding hydrogens is 708 g/mol. The Morgan fingerprint density at radius 2 is 1.50 bits per heavy atom. The van der Waals surface area contributed by atoms with Crippen LogP contribution in [-0.4, -0.2) is 76.1 Å². The predicted molar refractivity (Wildman–Crippen MR) is 209 cm³/mol. The molecule has 0 spiro atoms. The number of halogens is 1. The van der Waals surface area contributed by atoms with Crippen molar-refractivity contribution in [2.45, 2.75) is 77.8 Å². The highest BCUT2D eigenvalue weighted by Gasteiger charge is 2.31. The fraction of sp³-hybridized carbons (Fsp3) is 0.429. The molecule has 0 unspecified atom stereocenters. The molecule has 0 saturated heterocycles. The first kappa shape index (κ1) is 42.5. The molecule has 4 rings (SSSR count).